The van der Waals surface area contributed by atoms with Gasteiger partial charge in [0, 0.05) is 13.0 Å². The Hall–Kier alpha value is 0.236. The zero-order chi connectivity index (χ0) is 10.1. The van der Waals surface area contributed by atoms with Crippen LogP contribution in [0.25, 0.3) is 0 Å². The van der Waals surface area contributed by atoms with Crippen molar-refractivity contribution in [3.63, 3.8) is 0 Å². The molecule has 86 valence electrons. The highest BCUT2D eigenvalue weighted by Crippen LogP contribution is 2.11. The van der Waals surface area contributed by atoms with E-state index in [1.54, 1.807) is 0 Å². The fraction of sp³-hybridized carbons (Fsp3) is 0.917. The Morgan fingerprint density at radius 2 is 1.20 bits per heavy atom. The Kier molecular flexibility index (Phi) is 10.9. The molecule has 1 fully saturated rings. The predicted molar refractivity (Wildman–Crippen MR) is 67.7 cm³/mol. The fourth-order valence-corrected chi connectivity index (χ4v) is 1.96. The van der Waals surface area contributed by atoms with E-state index in [2.05, 4.69) is 5.32 Å². The molecule has 1 aliphatic rings. The predicted octanol–water partition coefficient (Wildman–Crippen LogP) is 2.10. The van der Waals surface area contributed by atoms with Crippen molar-refractivity contribution in [2.24, 2.45) is 0 Å². The SMILES string of the molecule is O=C1CCCCCCCCCCCN1.[MgH2]. The number of carbonyl (C=O) groups is 1. The maximum absolute atomic E-state index is 11.3. The maximum Gasteiger partial charge on any atom is 0.316 e. The molecule has 1 amide bonds. The Balaban J connectivity index is 0.00000196. The first-order chi connectivity index (χ1) is 6.89. The molecule has 1 N–H and O–H groups in total. The molecule has 0 aliphatic carbocycles. The second-order valence-corrected chi connectivity index (χ2v) is 4.28. The van der Waals surface area contributed by atoms with Crippen LogP contribution in [0.2, 0.25) is 0 Å². The van der Waals surface area contributed by atoms with Crippen molar-refractivity contribution in [3.8, 4) is 0 Å². The van der Waals surface area contributed by atoms with Crippen LogP contribution in [0.15, 0.2) is 0 Å². The molecule has 1 rings (SSSR count). The highest BCUT2D eigenvalue weighted by molar-refractivity contribution is 5.76. The molecule has 1 saturated heterocycles. The summed E-state index contributed by atoms with van der Waals surface area (Å²) in [6.45, 7) is 0.888. The van der Waals surface area contributed by atoms with E-state index < -0.39 is 0 Å². The van der Waals surface area contributed by atoms with Crippen molar-refractivity contribution in [2.75, 3.05) is 6.54 Å². The second-order valence-electron chi connectivity index (χ2n) is 4.28. The molecule has 3 heteroatoms. The number of amides is 1. The molecule has 0 aromatic heterocycles. The summed E-state index contributed by atoms with van der Waals surface area (Å²) in [5, 5.41) is 2.98. The minimum Gasteiger partial charge on any atom is -0.356 e. The Morgan fingerprint density at radius 1 is 0.733 bits per heavy atom. The van der Waals surface area contributed by atoms with Crippen LogP contribution in [0, 0.1) is 0 Å². The minimum absolute atomic E-state index is 0. The first-order valence-corrected chi connectivity index (χ1v) is 6.16. The van der Waals surface area contributed by atoms with Gasteiger partial charge in [0.1, 0.15) is 0 Å². The van der Waals surface area contributed by atoms with Gasteiger partial charge in [-0.1, -0.05) is 44.9 Å². The topological polar surface area (TPSA) is 29.1 Å². The smallest absolute Gasteiger partial charge is 0.316 e. The van der Waals surface area contributed by atoms with Crippen LogP contribution in [0.4, 0.5) is 0 Å². The molecule has 0 unspecified atom stereocenters. The lowest BCUT2D eigenvalue weighted by molar-refractivity contribution is -0.121. The number of hydrogen-bond acceptors (Lipinski definition) is 1. The van der Waals surface area contributed by atoms with E-state index >= 15 is 0 Å². The van der Waals surface area contributed by atoms with Gasteiger partial charge in [0.15, 0.2) is 0 Å². The third kappa shape index (κ3) is 9.18. The zero-order valence-electron chi connectivity index (χ0n) is 9.19. The molecule has 2 nitrogen and oxygen atoms in total. The number of rotatable bonds is 0. The Labute approximate surface area is 110 Å². The van der Waals surface area contributed by atoms with Crippen LogP contribution < -0.4 is 5.32 Å². The Bertz CT molecular complexity index is 146. The van der Waals surface area contributed by atoms with Gasteiger partial charge < -0.3 is 5.32 Å². The van der Waals surface area contributed by atoms with Crippen LogP contribution in [-0.2, 0) is 4.79 Å². The molecular weight excluding hydrogens is 198 g/mol. The van der Waals surface area contributed by atoms with E-state index in [9.17, 15) is 4.79 Å². The van der Waals surface area contributed by atoms with E-state index in [1.807, 2.05) is 0 Å². The molecule has 0 bridgehead atoms. The first kappa shape index (κ1) is 15.2. The van der Waals surface area contributed by atoms with Crippen LogP contribution in [0.3, 0.4) is 0 Å². The highest BCUT2D eigenvalue weighted by Gasteiger charge is 2.01. The van der Waals surface area contributed by atoms with Gasteiger partial charge in [0.2, 0.25) is 5.91 Å². The number of nitrogens with one attached hydrogen (secondary N) is 1. The summed E-state index contributed by atoms with van der Waals surface area (Å²) in [6, 6.07) is 0. The molecular formula is C12H25MgNO. The van der Waals surface area contributed by atoms with Crippen molar-refractivity contribution in [1.29, 1.82) is 0 Å². The van der Waals surface area contributed by atoms with Crippen molar-refractivity contribution >= 4 is 29.0 Å². The molecule has 0 saturated carbocycles. The van der Waals surface area contributed by atoms with Gasteiger partial charge in [-0.15, -0.1) is 0 Å². The van der Waals surface area contributed by atoms with Gasteiger partial charge in [-0.05, 0) is 12.8 Å². The molecule has 0 atom stereocenters. The van der Waals surface area contributed by atoms with Crippen LogP contribution in [0.5, 0.6) is 0 Å². The van der Waals surface area contributed by atoms with Gasteiger partial charge in [-0.3, -0.25) is 4.79 Å². The highest BCUT2D eigenvalue weighted by atomic mass is 24.3. The van der Waals surface area contributed by atoms with Gasteiger partial charge in [0.25, 0.3) is 0 Å². The zero-order valence-corrected chi connectivity index (χ0v) is 9.19. The summed E-state index contributed by atoms with van der Waals surface area (Å²) < 4.78 is 0. The monoisotopic (exact) mass is 223 g/mol. The molecule has 0 spiro atoms. The quantitative estimate of drug-likeness (QED) is 0.626. The molecule has 0 aromatic carbocycles. The lowest BCUT2D eigenvalue weighted by Crippen LogP contribution is -2.23. The molecule has 1 heterocycles. The van der Waals surface area contributed by atoms with Gasteiger partial charge in [-0.2, -0.15) is 0 Å². The summed E-state index contributed by atoms with van der Waals surface area (Å²) in [5.74, 6) is 0.254. The third-order valence-corrected chi connectivity index (χ3v) is 2.90. The summed E-state index contributed by atoms with van der Waals surface area (Å²) in [4.78, 5) is 11.3. The van der Waals surface area contributed by atoms with E-state index in [0.717, 1.165) is 25.8 Å². The van der Waals surface area contributed by atoms with Crippen molar-refractivity contribution in [3.05, 3.63) is 0 Å². The first-order valence-electron chi connectivity index (χ1n) is 6.16. The van der Waals surface area contributed by atoms with Crippen molar-refractivity contribution in [1.82, 2.24) is 5.32 Å². The number of hydrogen-bond donors (Lipinski definition) is 1. The van der Waals surface area contributed by atoms with Crippen molar-refractivity contribution in [2.45, 2.75) is 64.2 Å². The molecule has 15 heavy (non-hydrogen) atoms. The number of carbonyl (C=O) groups excluding carboxylic acids is 1. The third-order valence-electron chi connectivity index (χ3n) is 2.90. The van der Waals surface area contributed by atoms with Gasteiger partial charge in [0.05, 0.1) is 0 Å². The van der Waals surface area contributed by atoms with Crippen LogP contribution >= 0.6 is 0 Å². The summed E-state index contributed by atoms with van der Waals surface area (Å²) in [6.07, 6.45) is 12.3. The normalized spacial score (nSPS) is 21.2. The van der Waals surface area contributed by atoms with Gasteiger partial charge >= 0.3 is 23.1 Å². The average Bonchev–Trinajstić information content (AvgIpc) is 2.20. The lowest BCUT2D eigenvalue weighted by Gasteiger charge is -2.03. The second kappa shape index (κ2) is 10.7. The molecule has 1 aliphatic heterocycles. The summed E-state index contributed by atoms with van der Waals surface area (Å²) in [7, 11) is 0. The van der Waals surface area contributed by atoms with Crippen LogP contribution in [0.1, 0.15) is 64.2 Å². The van der Waals surface area contributed by atoms with Crippen molar-refractivity contribution < 1.29 is 4.79 Å². The minimum atomic E-state index is 0. The molecule has 0 radical (unpaired) electrons. The fourth-order valence-electron chi connectivity index (χ4n) is 1.96. The Morgan fingerprint density at radius 3 is 1.80 bits per heavy atom. The van der Waals surface area contributed by atoms with E-state index in [1.165, 1.54) is 44.9 Å². The summed E-state index contributed by atoms with van der Waals surface area (Å²) in [5.41, 5.74) is 0. The molecule has 0 aromatic rings. The van der Waals surface area contributed by atoms with E-state index in [-0.39, 0.29) is 29.0 Å². The summed E-state index contributed by atoms with van der Waals surface area (Å²) >= 11 is 0. The maximum atomic E-state index is 11.3. The average molecular weight is 224 g/mol. The lowest BCUT2D eigenvalue weighted by atomic mass is 10.1. The van der Waals surface area contributed by atoms with E-state index in [4.69, 9.17) is 0 Å². The van der Waals surface area contributed by atoms with Crippen LogP contribution in [-0.4, -0.2) is 35.5 Å². The standard InChI is InChI=1S/C12H23NO.Mg.2H/c14-12-10-8-6-4-2-1-3-5-7-9-11-13-12;;;/h1-11H2,(H,13,14);;;. The largest absolute Gasteiger partial charge is 0.356 e. The van der Waals surface area contributed by atoms with E-state index in [0.29, 0.717) is 0 Å². The van der Waals surface area contributed by atoms with Gasteiger partial charge in [-0.25, -0.2) is 0 Å².